The molecule has 33 nitrogen and oxygen atoms in total. The second kappa shape index (κ2) is 17.8. The van der Waals surface area contributed by atoms with E-state index in [1.54, 1.807) is 0 Å². The molecule has 5 atom stereocenters. The van der Waals surface area contributed by atoms with Crippen LogP contribution in [0.3, 0.4) is 0 Å². The molecule has 0 radical (unpaired) electrons. The third-order valence-corrected chi connectivity index (χ3v) is 15.5. The van der Waals surface area contributed by atoms with Gasteiger partial charge in [0.15, 0.2) is 105 Å². The van der Waals surface area contributed by atoms with Crippen LogP contribution in [0.1, 0.15) is 68.8 Å². The lowest BCUT2D eigenvalue weighted by atomic mass is 9.73. The van der Waals surface area contributed by atoms with Crippen LogP contribution in [0.25, 0.3) is 66.1 Å². The lowest BCUT2D eigenvalue weighted by Gasteiger charge is -2.43. The number of carbonyl (C=O) groups is 5. The summed E-state index contributed by atoms with van der Waals surface area (Å²) in [5.41, 5.74) is -23.7. The zero-order valence-electron chi connectivity index (χ0n) is 42.6. The topological polar surface area (TPSA) is 576 Å². The van der Waals surface area contributed by atoms with Gasteiger partial charge < -0.3 is 130 Å². The van der Waals surface area contributed by atoms with E-state index in [-0.39, 0.29) is 12.1 Å². The Balaban J connectivity index is 1.24. The van der Waals surface area contributed by atoms with Crippen molar-refractivity contribution in [1.29, 1.82) is 0 Å². The number of cyclic esters (lactones) is 1. The molecule has 6 bridgehead atoms. The van der Waals surface area contributed by atoms with Crippen LogP contribution >= 0.6 is 0 Å². The van der Waals surface area contributed by atoms with Crippen LogP contribution in [0.2, 0.25) is 0 Å². The summed E-state index contributed by atoms with van der Waals surface area (Å²) in [4.78, 5) is 105. The molecule has 5 aliphatic rings. The number of benzene rings is 7. The molecule has 5 aliphatic heterocycles. The fourth-order valence-electron chi connectivity index (χ4n) is 11.7. The molecule has 0 amide bonds. The van der Waals surface area contributed by atoms with E-state index >= 15 is 19.2 Å². The molecule has 448 valence electrons. The molecule has 33 heteroatoms. The normalized spacial score (nSPS) is 18.7. The van der Waals surface area contributed by atoms with Crippen LogP contribution in [0.4, 0.5) is 0 Å². The summed E-state index contributed by atoms with van der Waals surface area (Å²) in [6, 6.07) is 1.42. The molecule has 0 aliphatic carbocycles. The molecule has 2 aromatic heterocycles. The number of hydrogen-bond donors (Lipinski definition) is 19. The van der Waals surface area contributed by atoms with E-state index in [9.17, 15) is 111 Å². The number of rotatable bonds is 1. The average molecular weight is 1220 g/mol. The fraction of sp³-hybridized carbons (Fsp3) is 0.109. The van der Waals surface area contributed by atoms with E-state index in [1.807, 2.05) is 0 Å². The third-order valence-electron chi connectivity index (χ3n) is 15.5. The van der Waals surface area contributed by atoms with Crippen molar-refractivity contribution in [2.45, 2.75) is 30.3 Å². The first-order valence-electron chi connectivity index (χ1n) is 24.6. The van der Waals surface area contributed by atoms with Crippen molar-refractivity contribution >= 4 is 62.6 Å². The molecule has 0 saturated heterocycles. The number of phenolic OH excluding ortho intramolecular Hbond substituents is 19. The van der Waals surface area contributed by atoms with Gasteiger partial charge in [-0.25, -0.2) is 33.6 Å². The van der Waals surface area contributed by atoms with Crippen LogP contribution in [-0.2, 0) is 23.7 Å². The maximum atomic E-state index is 15.9. The van der Waals surface area contributed by atoms with E-state index in [1.165, 1.54) is 0 Å². The van der Waals surface area contributed by atoms with Gasteiger partial charge in [-0.1, -0.05) is 0 Å². The number of carbonyl (C=O) groups excluding carboxylic acids is 5. The molecule has 7 aromatic carbocycles. The van der Waals surface area contributed by atoms with Crippen molar-refractivity contribution < 1.29 is 154 Å². The third kappa shape index (κ3) is 6.80. The van der Waals surface area contributed by atoms with Gasteiger partial charge in [0.2, 0.25) is 40.2 Å². The number of aromatic hydroxyl groups is 19. The molecular formula is C55H30O33. The summed E-state index contributed by atoms with van der Waals surface area (Å²) >= 11 is 0. The van der Waals surface area contributed by atoms with E-state index < -0.39 is 292 Å². The minimum atomic E-state index is -3.18. The summed E-state index contributed by atoms with van der Waals surface area (Å²) in [6.07, 6.45) is -12.2. The summed E-state index contributed by atoms with van der Waals surface area (Å²) in [5.74, 6) is -43.7. The maximum Gasteiger partial charge on any atom is 0.344 e. The molecule has 9 aromatic rings. The van der Waals surface area contributed by atoms with Gasteiger partial charge in [-0.3, -0.25) is 0 Å². The molecule has 88 heavy (non-hydrogen) atoms. The Morgan fingerprint density at radius 2 is 0.716 bits per heavy atom. The van der Waals surface area contributed by atoms with Gasteiger partial charge in [0.1, 0.15) is 6.61 Å². The number of ether oxygens (including phenoxy) is 5. The van der Waals surface area contributed by atoms with Crippen molar-refractivity contribution in [2.24, 2.45) is 0 Å². The molecule has 5 unspecified atom stereocenters. The Bertz CT molecular complexity index is 4990. The number of hydrogen-bond acceptors (Lipinski definition) is 33. The highest BCUT2D eigenvalue weighted by Gasteiger charge is 2.57. The van der Waals surface area contributed by atoms with Crippen molar-refractivity contribution in [3.8, 4) is 143 Å². The van der Waals surface area contributed by atoms with Crippen molar-refractivity contribution in [3.63, 3.8) is 0 Å². The van der Waals surface area contributed by atoms with Crippen molar-refractivity contribution in [2.75, 3.05) is 6.61 Å². The summed E-state index contributed by atoms with van der Waals surface area (Å²) < 4.78 is 40.0. The second-order valence-electron chi connectivity index (χ2n) is 20.0. The molecule has 0 spiro atoms. The largest absolute Gasteiger partial charge is 0.504 e. The molecule has 0 fully saturated rings. The summed E-state index contributed by atoms with van der Waals surface area (Å²) in [7, 11) is 0. The predicted octanol–water partition coefficient (Wildman–Crippen LogP) is 3.04. The summed E-state index contributed by atoms with van der Waals surface area (Å²) in [6.45, 7) is -1.72. The Labute approximate surface area is 478 Å². The SMILES string of the molecule is O=C1OCC2OC(=O)c3cc(O)c(O)c(O)c3-c3c(O)c(O)c(O)c4c3C(=O)OC(C2OC(=O)c2cc(O)c(O)c(O)c2-c2c1cc(O)c(O)c2O)C1OC(=O)c2c-4c(O)c(O)c(O)c2C1c1c(O)c(O)c2oc(=O)c3cc(O)c(O)c4oc(=O)c1c2c43. The van der Waals surface area contributed by atoms with Crippen molar-refractivity contribution in [3.05, 3.63) is 84.0 Å². The molecule has 0 saturated carbocycles. The predicted molar refractivity (Wildman–Crippen MR) is 277 cm³/mol. The van der Waals surface area contributed by atoms with Crippen LogP contribution in [0.5, 0.6) is 109 Å². The highest BCUT2D eigenvalue weighted by Crippen LogP contribution is 2.64. The van der Waals surface area contributed by atoms with E-state index in [4.69, 9.17) is 32.5 Å². The second-order valence-corrected chi connectivity index (χ2v) is 20.0. The van der Waals surface area contributed by atoms with Crippen LogP contribution in [-0.4, -0.2) is 158 Å². The van der Waals surface area contributed by atoms with Gasteiger partial charge in [-0.05, 0) is 24.3 Å². The zero-order valence-corrected chi connectivity index (χ0v) is 42.6. The first kappa shape index (κ1) is 54.3. The Morgan fingerprint density at radius 1 is 0.307 bits per heavy atom. The van der Waals surface area contributed by atoms with Gasteiger partial charge in [0.05, 0.1) is 44.5 Å². The standard InChI is InChI=1S/C55H30O33/c56-10-1-6-15(33(64)29(10)60)16-7(2-11(57)30(61)34(16)65)51(77)84-44-14(5-82-49(6)75)83-50(76)8-3-12(58)31(62)35(66)17(8)19-26-20(37(68)41(72)36(19)67)21-27-22(39(70)42(73)38(21)69)25(47(87-53(27)79)48(44)88-54(26)80)23-28-24-18-9(52(78)85-46(24)43(74)40(23)71)4-13(59)32(63)45(18)86-55(28)81/h1-4,14,25,44,47-48,56-74H,5H2. The quantitative estimate of drug-likeness (QED) is 0.0369. The lowest BCUT2D eigenvalue weighted by Crippen LogP contribution is -2.56. The highest BCUT2D eigenvalue weighted by molar-refractivity contribution is 6.24. The smallest absolute Gasteiger partial charge is 0.344 e. The highest BCUT2D eigenvalue weighted by atomic mass is 16.6. The van der Waals surface area contributed by atoms with E-state index in [2.05, 4.69) is 0 Å². The zero-order chi connectivity index (χ0) is 63.4. The Hall–Kier alpha value is -13.0. The lowest BCUT2D eigenvalue weighted by molar-refractivity contribution is -0.135. The molecule has 7 heterocycles. The van der Waals surface area contributed by atoms with E-state index in [0.29, 0.717) is 12.1 Å². The first-order chi connectivity index (χ1) is 41.5. The van der Waals surface area contributed by atoms with Gasteiger partial charge in [0, 0.05) is 55.3 Å². The fourth-order valence-corrected chi connectivity index (χ4v) is 11.7. The number of fused-ring (bicyclic) bond motifs is 7. The van der Waals surface area contributed by atoms with Gasteiger partial charge in [-0.2, -0.15) is 0 Å². The van der Waals surface area contributed by atoms with Gasteiger partial charge in [0.25, 0.3) is 0 Å². The maximum absolute atomic E-state index is 15.9. The average Bonchev–Trinajstić information content (AvgIpc) is 0.794. The van der Waals surface area contributed by atoms with Gasteiger partial charge >= 0.3 is 41.1 Å². The Morgan fingerprint density at radius 3 is 1.28 bits per heavy atom. The minimum Gasteiger partial charge on any atom is -0.504 e. The molecule has 14 rings (SSSR count). The minimum absolute atomic E-state index is 0.244. The van der Waals surface area contributed by atoms with Crippen molar-refractivity contribution in [1.82, 2.24) is 0 Å². The number of phenols is 19. The number of esters is 5. The van der Waals surface area contributed by atoms with Crippen LogP contribution in [0, 0.1) is 0 Å². The van der Waals surface area contributed by atoms with Crippen LogP contribution < -0.4 is 11.3 Å². The van der Waals surface area contributed by atoms with Gasteiger partial charge in [-0.15, -0.1) is 0 Å². The molecular weight excluding hydrogens is 1190 g/mol. The van der Waals surface area contributed by atoms with Crippen LogP contribution in [0.15, 0.2) is 42.7 Å². The summed E-state index contributed by atoms with van der Waals surface area (Å²) in [5, 5.41) is 214. The monoisotopic (exact) mass is 1220 g/mol. The Kier molecular flexibility index (Phi) is 11.0. The van der Waals surface area contributed by atoms with E-state index in [0.717, 1.165) is 0 Å². The first-order valence-corrected chi connectivity index (χ1v) is 24.6. The molecule has 19 N–H and O–H groups in total.